The number of nitrogens with zero attached hydrogens (tertiary/aromatic N) is 2. The fourth-order valence-electron chi connectivity index (χ4n) is 1.94. The van der Waals surface area contributed by atoms with Gasteiger partial charge in [-0.1, -0.05) is 0 Å². The van der Waals surface area contributed by atoms with E-state index in [-0.39, 0.29) is 22.5 Å². The molecule has 0 aliphatic carbocycles. The highest BCUT2D eigenvalue weighted by molar-refractivity contribution is 5.87. The van der Waals surface area contributed by atoms with Gasteiger partial charge in [0.15, 0.2) is 17.3 Å². The predicted octanol–water partition coefficient (Wildman–Crippen LogP) is 3.27. The van der Waals surface area contributed by atoms with E-state index < -0.39 is 23.3 Å². The summed E-state index contributed by atoms with van der Waals surface area (Å²) < 4.78 is 42.7. The fourth-order valence-corrected chi connectivity index (χ4v) is 1.94. The van der Waals surface area contributed by atoms with E-state index in [0.717, 1.165) is 22.9 Å². The SMILES string of the molecule is Cn1nc(C(=O)O)cc1-c1cc(C(C)(C)F)cc(F)c1F. The molecule has 1 N–H and O–H groups in total. The lowest BCUT2D eigenvalue weighted by atomic mass is 9.96. The summed E-state index contributed by atoms with van der Waals surface area (Å²) in [7, 11) is 1.40. The van der Waals surface area contributed by atoms with Crippen molar-refractivity contribution in [1.29, 1.82) is 0 Å². The summed E-state index contributed by atoms with van der Waals surface area (Å²) in [4.78, 5) is 10.9. The lowest BCUT2D eigenvalue weighted by Crippen LogP contribution is -2.11. The molecule has 0 amide bonds. The number of aromatic carboxylic acids is 1. The second-order valence-electron chi connectivity index (χ2n) is 5.14. The van der Waals surface area contributed by atoms with Crippen LogP contribution in [0.25, 0.3) is 11.3 Å². The Morgan fingerprint density at radius 2 is 1.90 bits per heavy atom. The van der Waals surface area contributed by atoms with Crippen molar-refractivity contribution >= 4 is 5.97 Å². The van der Waals surface area contributed by atoms with Crippen LogP contribution in [0, 0.1) is 11.6 Å². The first kappa shape index (κ1) is 15.1. The van der Waals surface area contributed by atoms with E-state index in [2.05, 4.69) is 5.10 Å². The second-order valence-corrected chi connectivity index (χ2v) is 5.14. The van der Waals surface area contributed by atoms with Gasteiger partial charge in [-0.15, -0.1) is 0 Å². The summed E-state index contributed by atoms with van der Waals surface area (Å²) in [5.74, 6) is -3.67. The Hall–Kier alpha value is -2.31. The van der Waals surface area contributed by atoms with Gasteiger partial charge in [-0.25, -0.2) is 18.0 Å². The highest BCUT2D eigenvalue weighted by atomic mass is 19.2. The number of halogens is 3. The topological polar surface area (TPSA) is 55.1 Å². The van der Waals surface area contributed by atoms with Gasteiger partial charge in [0.05, 0.1) is 5.69 Å². The molecule has 0 atom stereocenters. The van der Waals surface area contributed by atoms with E-state index in [0.29, 0.717) is 0 Å². The van der Waals surface area contributed by atoms with E-state index in [1.165, 1.54) is 20.9 Å². The molecule has 0 unspecified atom stereocenters. The Balaban J connectivity index is 2.69. The molecule has 0 fully saturated rings. The predicted molar refractivity (Wildman–Crippen MR) is 69.7 cm³/mol. The zero-order valence-corrected chi connectivity index (χ0v) is 11.6. The molecule has 1 aromatic heterocycles. The maximum Gasteiger partial charge on any atom is 0.356 e. The maximum absolute atomic E-state index is 14.0. The summed E-state index contributed by atoms with van der Waals surface area (Å²) in [5, 5.41) is 12.6. The molecular weight excluding hydrogens is 285 g/mol. The van der Waals surface area contributed by atoms with Crippen LogP contribution in [0.4, 0.5) is 13.2 Å². The van der Waals surface area contributed by atoms with Crippen LogP contribution in [0.15, 0.2) is 18.2 Å². The molecule has 4 nitrogen and oxygen atoms in total. The van der Waals surface area contributed by atoms with E-state index in [1.807, 2.05) is 0 Å². The van der Waals surface area contributed by atoms with Crippen LogP contribution in [-0.2, 0) is 12.7 Å². The normalized spacial score (nSPS) is 11.7. The van der Waals surface area contributed by atoms with E-state index in [4.69, 9.17) is 5.11 Å². The van der Waals surface area contributed by atoms with Gasteiger partial charge in [0.25, 0.3) is 0 Å². The summed E-state index contributed by atoms with van der Waals surface area (Å²) in [5.41, 5.74) is -2.41. The second kappa shape index (κ2) is 4.91. The molecule has 1 aromatic carbocycles. The van der Waals surface area contributed by atoms with Crippen LogP contribution in [0.1, 0.15) is 29.9 Å². The van der Waals surface area contributed by atoms with Crippen LogP contribution < -0.4 is 0 Å². The number of aromatic nitrogens is 2. The number of hydrogen-bond acceptors (Lipinski definition) is 2. The Labute approximate surface area is 118 Å². The molecule has 2 aromatic rings. The smallest absolute Gasteiger partial charge is 0.356 e. The molecule has 21 heavy (non-hydrogen) atoms. The van der Waals surface area contributed by atoms with Gasteiger partial charge in [0.1, 0.15) is 5.67 Å². The minimum atomic E-state index is -1.86. The van der Waals surface area contributed by atoms with Crippen molar-refractivity contribution in [2.45, 2.75) is 19.5 Å². The molecule has 2 rings (SSSR count). The molecule has 112 valence electrons. The third-order valence-electron chi connectivity index (χ3n) is 3.09. The van der Waals surface area contributed by atoms with Gasteiger partial charge in [-0.3, -0.25) is 4.68 Å². The fraction of sp³-hybridized carbons (Fsp3) is 0.286. The molecule has 0 radical (unpaired) electrons. The zero-order valence-electron chi connectivity index (χ0n) is 11.6. The number of hydrogen-bond donors (Lipinski definition) is 1. The highest BCUT2D eigenvalue weighted by Crippen LogP contribution is 2.32. The van der Waals surface area contributed by atoms with Gasteiger partial charge >= 0.3 is 5.97 Å². The van der Waals surface area contributed by atoms with Crippen molar-refractivity contribution in [3.05, 3.63) is 41.1 Å². The summed E-state index contributed by atoms with van der Waals surface area (Å²) in [6.07, 6.45) is 0. The molecule has 0 aliphatic heterocycles. The average molecular weight is 298 g/mol. The summed E-state index contributed by atoms with van der Waals surface area (Å²) >= 11 is 0. The van der Waals surface area contributed by atoms with Gasteiger partial charge in [0.2, 0.25) is 0 Å². The van der Waals surface area contributed by atoms with Gasteiger partial charge < -0.3 is 5.11 Å². The number of aryl methyl sites for hydroxylation is 1. The molecule has 0 bridgehead atoms. The largest absolute Gasteiger partial charge is 0.476 e. The first-order valence-corrected chi connectivity index (χ1v) is 6.07. The van der Waals surface area contributed by atoms with Crippen LogP contribution in [0.2, 0.25) is 0 Å². The molecule has 7 heteroatoms. The van der Waals surface area contributed by atoms with Crippen LogP contribution in [-0.4, -0.2) is 20.9 Å². The van der Waals surface area contributed by atoms with E-state index in [9.17, 15) is 18.0 Å². The molecule has 0 aliphatic rings. The van der Waals surface area contributed by atoms with E-state index in [1.54, 1.807) is 0 Å². The molecule has 0 saturated heterocycles. The highest BCUT2D eigenvalue weighted by Gasteiger charge is 2.25. The monoisotopic (exact) mass is 298 g/mol. The molecule has 1 heterocycles. The first-order valence-electron chi connectivity index (χ1n) is 6.07. The minimum absolute atomic E-state index is 0.0468. The minimum Gasteiger partial charge on any atom is -0.476 e. The number of alkyl halides is 1. The van der Waals surface area contributed by atoms with Gasteiger partial charge in [0, 0.05) is 12.6 Å². The Morgan fingerprint density at radius 1 is 1.29 bits per heavy atom. The Kier molecular flexibility index (Phi) is 3.52. The van der Waals surface area contributed by atoms with Crippen molar-refractivity contribution in [1.82, 2.24) is 9.78 Å². The van der Waals surface area contributed by atoms with E-state index >= 15 is 0 Å². The Morgan fingerprint density at radius 3 is 2.38 bits per heavy atom. The van der Waals surface area contributed by atoms with Crippen molar-refractivity contribution in [3.8, 4) is 11.3 Å². The number of carbonyl (C=O) groups is 1. The lowest BCUT2D eigenvalue weighted by molar-refractivity contribution is 0.0689. The van der Waals surface area contributed by atoms with Crippen LogP contribution in [0.5, 0.6) is 0 Å². The molecule has 0 saturated carbocycles. The van der Waals surface area contributed by atoms with Crippen molar-refractivity contribution < 1.29 is 23.1 Å². The average Bonchev–Trinajstić information content (AvgIpc) is 2.73. The molecular formula is C14H13F3N2O2. The zero-order chi connectivity index (χ0) is 15.9. The summed E-state index contributed by atoms with van der Waals surface area (Å²) in [6.45, 7) is 2.44. The van der Waals surface area contributed by atoms with Gasteiger partial charge in [-0.05, 0) is 37.6 Å². The van der Waals surface area contributed by atoms with Crippen molar-refractivity contribution in [2.24, 2.45) is 7.05 Å². The maximum atomic E-state index is 14.0. The number of benzene rings is 1. The number of rotatable bonds is 3. The molecule has 0 spiro atoms. The first-order chi connectivity index (χ1) is 9.61. The van der Waals surface area contributed by atoms with Crippen LogP contribution >= 0.6 is 0 Å². The number of carboxylic acid groups (broad SMARTS) is 1. The third-order valence-corrected chi connectivity index (χ3v) is 3.09. The van der Waals surface area contributed by atoms with Gasteiger partial charge in [-0.2, -0.15) is 5.10 Å². The van der Waals surface area contributed by atoms with Crippen LogP contribution in [0.3, 0.4) is 0 Å². The summed E-state index contributed by atoms with van der Waals surface area (Å²) in [6, 6.07) is 3.05. The standard InChI is InChI=1S/C14H13F3N2O2/c1-14(2,17)7-4-8(12(16)9(15)5-7)11-6-10(13(20)21)18-19(11)3/h4-6H,1-3H3,(H,20,21). The Bertz CT molecular complexity index is 718. The lowest BCUT2D eigenvalue weighted by Gasteiger charge is -2.16. The van der Waals surface area contributed by atoms with Crippen molar-refractivity contribution in [3.63, 3.8) is 0 Å². The number of carboxylic acids is 1. The third kappa shape index (κ3) is 2.76. The quantitative estimate of drug-likeness (QED) is 0.946. The van der Waals surface area contributed by atoms with Crippen molar-refractivity contribution in [2.75, 3.05) is 0 Å².